The van der Waals surface area contributed by atoms with Gasteiger partial charge in [-0.05, 0) is 61.5 Å². The normalized spacial score (nSPS) is 14.9. The standard InChI is InChI=1S/C27H40Cl2N6O4/c1-25(2,3)37-14-9-27(7,8)38-17-15-18(20(29)19(28)16-17)21-22(30)31-23(33-32-21)34-10-12-35(13-11-34)24(36)39-26(4,5)6/h15-16H,9-14H2,1-8H3,(H2,30,31,33). The Morgan fingerprint density at radius 2 is 1.62 bits per heavy atom. The van der Waals surface area contributed by atoms with E-state index < -0.39 is 11.2 Å². The van der Waals surface area contributed by atoms with Gasteiger partial charge < -0.3 is 29.7 Å². The number of benzene rings is 1. The summed E-state index contributed by atoms with van der Waals surface area (Å²) in [4.78, 5) is 20.4. The fourth-order valence-corrected chi connectivity index (χ4v) is 4.25. The van der Waals surface area contributed by atoms with Gasteiger partial charge in [-0.3, -0.25) is 0 Å². The van der Waals surface area contributed by atoms with Gasteiger partial charge in [0.2, 0.25) is 5.95 Å². The molecule has 0 unspecified atom stereocenters. The molecule has 2 aromatic rings. The molecule has 0 atom stereocenters. The molecule has 2 N–H and O–H groups in total. The summed E-state index contributed by atoms with van der Waals surface area (Å²) < 4.78 is 17.6. The van der Waals surface area contributed by atoms with Crippen molar-refractivity contribution in [2.24, 2.45) is 0 Å². The molecule has 1 aliphatic rings. The van der Waals surface area contributed by atoms with E-state index in [4.69, 9.17) is 43.1 Å². The Hall–Kier alpha value is -2.56. The lowest BCUT2D eigenvalue weighted by molar-refractivity contribution is -0.0292. The van der Waals surface area contributed by atoms with Gasteiger partial charge in [0.25, 0.3) is 0 Å². The monoisotopic (exact) mass is 582 g/mol. The summed E-state index contributed by atoms with van der Waals surface area (Å²) in [5, 5.41) is 9.22. The maximum Gasteiger partial charge on any atom is 0.410 e. The number of nitrogen functional groups attached to an aromatic ring is 1. The van der Waals surface area contributed by atoms with Crippen LogP contribution in [0.25, 0.3) is 11.3 Å². The second kappa shape index (κ2) is 11.9. The van der Waals surface area contributed by atoms with E-state index in [1.165, 1.54) is 0 Å². The number of hydrogen-bond donors (Lipinski definition) is 1. The Morgan fingerprint density at radius 3 is 2.18 bits per heavy atom. The summed E-state index contributed by atoms with van der Waals surface area (Å²) in [5.41, 5.74) is 5.80. The molecule has 10 nitrogen and oxygen atoms in total. The van der Waals surface area contributed by atoms with Crippen molar-refractivity contribution < 1.29 is 19.0 Å². The number of carbonyl (C=O) groups is 1. The second-order valence-corrected chi connectivity index (χ2v) is 12.9. The largest absolute Gasteiger partial charge is 0.488 e. The quantitative estimate of drug-likeness (QED) is 0.429. The van der Waals surface area contributed by atoms with Crippen molar-refractivity contribution in [3.63, 3.8) is 0 Å². The zero-order chi connectivity index (χ0) is 29.2. The number of anilines is 2. The summed E-state index contributed by atoms with van der Waals surface area (Å²) in [7, 11) is 0. The molecule has 0 saturated carbocycles. The number of halogens is 2. The van der Waals surface area contributed by atoms with E-state index in [0.717, 1.165) is 0 Å². The van der Waals surface area contributed by atoms with Crippen LogP contribution in [0.4, 0.5) is 16.6 Å². The number of nitrogens with zero attached hydrogens (tertiary/aromatic N) is 5. The Balaban J connectivity index is 1.73. The Morgan fingerprint density at radius 1 is 0.974 bits per heavy atom. The number of aromatic nitrogens is 3. The highest BCUT2D eigenvalue weighted by Gasteiger charge is 2.28. The van der Waals surface area contributed by atoms with Gasteiger partial charge >= 0.3 is 6.09 Å². The van der Waals surface area contributed by atoms with Crippen LogP contribution < -0.4 is 15.4 Å². The molecule has 0 radical (unpaired) electrons. The van der Waals surface area contributed by atoms with Crippen molar-refractivity contribution >= 4 is 41.1 Å². The SMILES string of the molecule is CC(C)(C)OCCC(C)(C)Oc1cc(Cl)c(Cl)c(-c2nnc(N3CCN(C(=O)OC(C)(C)C)CC3)nc2N)c1. The predicted octanol–water partition coefficient (Wildman–Crippen LogP) is 5.85. The second-order valence-electron chi connectivity index (χ2n) is 12.1. The predicted molar refractivity (Wildman–Crippen MR) is 155 cm³/mol. The van der Waals surface area contributed by atoms with E-state index in [1.807, 2.05) is 60.3 Å². The van der Waals surface area contributed by atoms with Crippen molar-refractivity contribution in [1.29, 1.82) is 0 Å². The lowest BCUT2D eigenvalue weighted by Crippen LogP contribution is -2.50. The van der Waals surface area contributed by atoms with Crippen molar-refractivity contribution in [1.82, 2.24) is 20.1 Å². The molecule has 1 aromatic carbocycles. The molecule has 1 saturated heterocycles. The Labute approximate surface area is 241 Å². The van der Waals surface area contributed by atoms with Crippen LogP contribution in [-0.2, 0) is 9.47 Å². The number of piperazine rings is 1. The molecular weight excluding hydrogens is 543 g/mol. The third-order valence-corrected chi connectivity index (χ3v) is 6.61. The van der Waals surface area contributed by atoms with Crippen LogP contribution in [-0.4, -0.2) is 75.8 Å². The maximum atomic E-state index is 12.4. The average molecular weight is 584 g/mol. The summed E-state index contributed by atoms with van der Waals surface area (Å²) in [5.74, 6) is 1.04. The molecule has 1 fully saturated rings. The van der Waals surface area contributed by atoms with Crippen LogP contribution in [0, 0.1) is 0 Å². The third kappa shape index (κ3) is 8.98. The van der Waals surface area contributed by atoms with E-state index >= 15 is 0 Å². The summed E-state index contributed by atoms with van der Waals surface area (Å²) in [6.45, 7) is 18.1. The van der Waals surface area contributed by atoms with Crippen molar-refractivity contribution in [3.05, 3.63) is 22.2 Å². The third-order valence-electron chi connectivity index (χ3n) is 5.81. The number of hydrogen-bond acceptors (Lipinski definition) is 9. The zero-order valence-electron chi connectivity index (χ0n) is 24.1. The summed E-state index contributed by atoms with van der Waals surface area (Å²) in [6, 6.07) is 3.40. The lowest BCUT2D eigenvalue weighted by atomic mass is 10.0. The highest BCUT2D eigenvalue weighted by molar-refractivity contribution is 6.43. The summed E-state index contributed by atoms with van der Waals surface area (Å²) >= 11 is 13.0. The molecule has 12 heteroatoms. The number of rotatable bonds is 7. The van der Waals surface area contributed by atoms with Gasteiger partial charge in [0, 0.05) is 44.2 Å². The molecule has 216 valence electrons. The first-order valence-corrected chi connectivity index (χ1v) is 13.8. The van der Waals surface area contributed by atoms with Crippen molar-refractivity contribution in [2.75, 3.05) is 43.4 Å². The highest BCUT2D eigenvalue weighted by Crippen LogP contribution is 2.39. The van der Waals surface area contributed by atoms with E-state index in [9.17, 15) is 4.79 Å². The van der Waals surface area contributed by atoms with E-state index in [2.05, 4.69) is 15.2 Å². The van der Waals surface area contributed by atoms with Gasteiger partial charge in [-0.15, -0.1) is 10.2 Å². The lowest BCUT2D eigenvalue weighted by Gasteiger charge is -2.35. The topological polar surface area (TPSA) is 116 Å². The molecule has 0 bridgehead atoms. The van der Waals surface area contributed by atoms with Crippen molar-refractivity contribution in [3.8, 4) is 17.0 Å². The van der Waals surface area contributed by atoms with Crippen LogP contribution in [0.2, 0.25) is 10.0 Å². The van der Waals surface area contributed by atoms with Crippen molar-refractivity contribution in [2.45, 2.75) is 78.6 Å². The molecule has 2 heterocycles. The van der Waals surface area contributed by atoms with Gasteiger partial charge in [-0.25, -0.2) is 4.79 Å². The fraction of sp³-hybridized carbons (Fsp3) is 0.630. The first kappa shape index (κ1) is 31.0. The number of amides is 1. The van der Waals surface area contributed by atoms with Crippen LogP contribution in [0.3, 0.4) is 0 Å². The average Bonchev–Trinajstić information content (AvgIpc) is 2.79. The van der Waals surface area contributed by atoms with Gasteiger partial charge in [-0.2, -0.15) is 4.98 Å². The molecular formula is C27H40Cl2N6O4. The van der Waals surface area contributed by atoms with Gasteiger partial charge in [-0.1, -0.05) is 23.2 Å². The molecule has 1 amide bonds. The molecule has 3 rings (SSSR count). The van der Waals surface area contributed by atoms with Crippen LogP contribution in [0.15, 0.2) is 12.1 Å². The Kier molecular flexibility index (Phi) is 9.45. The number of nitrogens with two attached hydrogens (primary N) is 1. The smallest absolute Gasteiger partial charge is 0.410 e. The minimum atomic E-state index is -0.547. The van der Waals surface area contributed by atoms with Gasteiger partial charge in [0.05, 0.1) is 22.3 Å². The van der Waals surface area contributed by atoms with Crippen LogP contribution in [0.1, 0.15) is 61.8 Å². The van der Waals surface area contributed by atoms with Gasteiger partial charge in [0.1, 0.15) is 22.6 Å². The number of carbonyl (C=O) groups excluding carboxylic acids is 1. The first-order valence-electron chi connectivity index (χ1n) is 13.0. The first-order chi connectivity index (χ1) is 17.9. The van der Waals surface area contributed by atoms with E-state index in [-0.39, 0.29) is 22.5 Å². The van der Waals surface area contributed by atoms with Gasteiger partial charge in [0.15, 0.2) is 5.82 Å². The van der Waals surface area contributed by atoms with E-state index in [1.54, 1.807) is 17.0 Å². The minimum absolute atomic E-state index is 0.155. The molecule has 1 aromatic heterocycles. The highest BCUT2D eigenvalue weighted by atomic mass is 35.5. The van der Waals surface area contributed by atoms with Crippen LogP contribution >= 0.6 is 23.2 Å². The molecule has 0 aliphatic carbocycles. The molecule has 39 heavy (non-hydrogen) atoms. The minimum Gasteiger partial charge on any atom is -0.488 e. The number of ether oxygens (including phenoxy) is 3. The Bertz CT molecular complexity index is 1170. The molecule has 0 spiro atoms. The molecule has 1 aliphatic heterocycles. The van der Waals surface area contributed by atoms with E-state index in [0.29, 0.717) is 67.2 Å². The summed E-state index contributed by atoms with van der Waals surface area (Å²) in [6.07, 6.45) is 0.328. The maximum absolute atomic E-state index is 12.4. The fourth-order valence-electron chi connectivity index (χ4n) is 3.84. The zero-order valence-corrected chi connectivity index (χ0v) is 25.6. The van der Waals surface area contributed by atoms with Crippen LogP contribution in [0.5, 0.6) is 5.75 Å².